The second kappa shape index (κ2) is 9.12. The molecule has 0 bridgehead atoms. The van der Waals surface area contributed by atoms with Gasteiger partial charge in [0.1, 0.15) is 5.82 Å². The van der Waals surface area contributed by atoms with E-state index in [1.807, 2.05) is 18.2 Å². The van der Waals surface area contributed by atoms with Crippen LogP contribution in [0.25, 0.3) is 23.1 Å². The van der Waals surface area contributed by atoms with Crippen LogP contribution in [0.1, 0.15) is 37.1 Å². The summed E-state index contributed by atoms with van der Waals surface area (Å²) >= 11 is 6.32. The van der Waals surface area contributed by atoms with Gasteiger partial charge in [-0.3, -0.25) is 0 Å². The van der Waals surface area contributed by atoms with Crippen molar-refractivity contribution in [3.8, 4) is 0 Å². The van der Waals surface area contributed by atoms with Crippen LogP contribution in [-0.4, -0.2) is 47.1 Å². The first-order valence-corrected chi connectivity index (χ1v) is 11.5. The fourth-order valence-corrected chi connectivity index (χ4v) is 4.92. The molecule has 3 heterocycles. The van der Waals surface area contributed by atoms with E-state index in [2.05, 4.69) is 14.8 Å². The molecule has 4 nitrogen and oxygen atoms in total. The van der Waals surface area contributed by atoms with E-state index in [1.54, 1.807) is 12.2 Å². The van der Waals surface area contributed by atoms with Gasteiger partial charge in [0.05, 0.1) is 5.52 Å². The second-order valence-electron chi connectivity index (χ2n) is 8.57. The van der Waals surface area contributed by atoms with Crippen LogP contribution in [-0.2, 0) is 0 Å². The number of hydrogen-bond acceptors (Lipinski definition) is 4. The van der Waals surface area contributed by atoms with Crippen LogP contribution in [0, 0.1) is 11.6 Å². The Kier molecular flexibility index (Phi) is 6.07. The summed E-state index contributed by atoms with van der Waals surface area (Å²) in [6.07, 6.45) is 8.27. The molecule has 1 aromatic heterocycles. The summed E-state index contributed by atoms with van der Waals surface area (Å²) in [5.41, 5.74) is 1.37. The minimum absolute atomic E-state index is 0.410. The van der Waals surface area contributed by atoms with Gasteiger partial charge in [0.25, 0.3) is 0 Å². The average Bonchev–Trinajstić information content (AvgIpc) is 3.47. The highest BCUT2D eigenvalue weighted by Crippen LogP contribution is 2.33. The lowest BCUT2D eigenvalue weighted by Gasteiger charge is -2.30. The zero-order valence-corrected chi connectivity index (χ0v) is 18.5. The van der Waals surface area contributed by atoms with Crippen molar-refractivity contribution < 1.29 is 8.78 Å². The van der Waals surface area contributed by atoms with E-state index in [-0.39, 0.29) is 0 Å². The van der Waals surface area contributed by atoms with Crippen molar-refractivity contribution in [1.29, 1.82) is 0 Å². The molecule has 32 heavy (non-hydrogen) atoms. The molecule has 2 aliphatic heterocycles. The molecule has 7 heteroatoms. The normalized spacial score (nSPS) is 19.6. The van der Waals surface area contributed by atoms with Gasteiger partial charge in [-0.05, 0) is 80.7 Å². The smallest absolute Gasteiger partial charge is 0.159 e. The van der Waals surface area contributed by atoms with E-state index in [9.17, 15) is 8.78 Å². The van der Waals surface area contributed by atoms with E-state index in [1.165, 1.54) is 38.1 Å². The Labute approximate surface area is 191 Å². The molecular weight excluding hydrogens is 430 g/mol. The van der Waals surface area contributed by atoms with Crippen LogP contribution in [0.15, 0.2) is 36.4 Å². The van der Waals surface area contributed by atoms with Crippen LogP contribution in [0.5, 0.6) is 0 Å². The van der Waals surface area contributed by atoms with Gasteiger partial charge in [-0.2, -0.15) is 0 Å². The van der Waals surface area contributed by atoms with Gasteiger partial charge < -0.3 is 9.80 Å². The molecule has 0 N–H and O–H groups in total. The van der Waals surface area contributed by atoms with Gasteiger partial charge >= 0.3 is 0 Å². The molecule has 2 aromatic carbocycles. The van der Waals surface area contributed by atoms with Crippen molar-refractivity contribution in [2.75, 3.05) is 31.1 Å². The lowest BCUT2D eigenvalue weighted by Crippen LogP contribution is -2.40. The Bertz CT molecular complexity index is 1160. The fraction of sp³-hybridized carbons (Fsp3) is 0.360. The molecule has 0 radical (unpaired) electrons. The number of rotatable bonds is 5. The second-order valence-corrected chi connectivity index (χ2v) is 9.01. The summed E-state index contributed by atoms with van der Waals surface area (Å²) in [7, 11) is 0. The summed E-state index contributed by atoms with van der Waals surface area (Å²) in [4.78, 5) is 14.5. The third-order valence-electron chi connectivity index (χ3n) is 6.34. The quantitative estimate of drug-likeness (QED) is 0.488. The molecule has 0 saturated carbocycles. The van der Waals surface area contributed by atoms with Crippen molar-refractivity contribution >= 4 is 40.5 Å². The van der Waals surface area contributed by atoms with E-state index < -0.39 is 11.6 Å². The molecule has 0 spiro atoms. The van der Waals surface area contributed by atoms with Crippen molar-refractivity contribution in [2.45, 2.75) is 31.7 Å². The third-order valence-corrected chi connectivity index (χ3v) is 6.58. The average molecular weight is 455 g/mol. The number of likely N-dealkylation sites (tertiary alicyclic amines) is 1. The number of fused-ring (bicyclic) bond motifs is 1. The largest absolute Gasteiger partial charge is 0.352 e. The Balaban J connectivity index is 1.51. The van der Waals surface area contributed by atoms with Gasteiger partial charge in [0.15, 0.2) is 17.5 Å². The monoisotopic (exact) mass is 454 g/mol. The molecule has 0 unspecified atom stereocenters. The van der Waals surface area contributed by atoms with Crippen molar-refractivity contribution in [3.63, 3.8) is 0 Å². The molecule has 2 saturated heterocycles. The number of benzene rings is 2. The first kappa shape index (κ1) is 21.3. The maximum atomic E-state index is 13.6. The van der Waals surface area contributed by atoms with Crippen molar-refractivity contribution in [3.05, 3.63) is 64.4 Å². The lowest BCUT2D eigenvalue weighted by molar-refractivity contribution is 0.313. The summed E-state index contributed by atoms with van der Waals surface area (Å²) in [5, 5.41) is 1.60. The van der Waals surface area contributed by atoms with E-state index in [0.717, 1.165) is 48.7 Å². The van der Waals surface area contributed by atoms with Gasteiger partial charge in [0, 0.05) is 29.5 Å². The number of nitrogens with zero attached hydrogens (tertiary/aromatic N) is 4. The predicted octanol–water partition coefficient (Wildman–Crippen LogP) is 5.80. The number of halogens is 3. The first-order valence-electron chi connectivity index (χ1n) is 11.2. The van der Waals surface area contributed by atoms with Crippen molar-refractivity contribution in [2.24, 2.45) is 0 Å². The molecule has 0 aliphatic carbocycles. The van der Waals surface area contributed by atoms with Crippen LogP contribution >= 0.6 is 11.6 Å². The number of hydrogen-bond donors (Lipinski definition) is 0. The molecule has 0 amide bonds. The third kappa shape index (κ3) is 4.48. The summed E-state index contributed by atoms with van der Waals surface area (Å²) in [6.45, 7) is 4.33. The highest BCUT2D eigenvalue weighted by atomic mass is 35.5. The molecule has 5 rings (SSSR count). The molecule has 166 valence electrons. The van der Waals surface area contributed by atoms with Gasteiger partial charge in [-0.15, -0.1) is 0 Å². The zero-order chi connectivity index (χ0) is 22.1. The summed E-state index contributed by atoms with van der Waals surface area (Å²) in [6, 6.07) is 9.90. The first-order chi connectivity index (χ1) is 15.6. The predicted molar refractivity (Wildman–Crippen MR) is 126 cm³/mol. The van der Waals surface area contributed by atoms with Gasteiger partial charge in [0.2, 0.25) is 0 Å². The highest BCUT2D eigenvalue weighted by Gasteiger charge is 2.30. The van der Waals surface area contributed by atoms with Gasteiger partial charge in [-0.25, -0.2) is 18.7 Å². The fourth-order valence-electron chi connectivity index (χ4n) is 4.75. The lowest BCUT2D eigenvalue weighted by atomic mass is 10.1. The number of aromatic nitrogens is 2. The summed E-state index contributed by atoms with van der Waals surface area (Å²) < 4.78 is 26.8. The molecule has 1 atom stereocenters. The minimum Gasteiger partial charge on any atom is -0.352 e. The molecule has 2 aliphatic rings. The number of anilines is 1. The van der Waals surface area contributed by atoms with Crippen molar-refractivity contribution in [1.82, 2.24) is 14.9 Å². The van der Waals surface area contributed by atoms with E-state index >= 15 is 0 Å². The molecule has 2 fully saturated rings. The van der Waals surface area contributed by atoms with Crippen LogP contribution in [0.4, 0.5) is 14.6 Å². The Hall–Kier alpha value is -2.57. The Morgan fingerprint density at radius 1 is 0.938 bits per heavy atom. The topological polar surface area (TPSA) is 32.3 Å². The summed E-state index contributed by atoms with van der Waals surface area (Å²) in [5.74, 6) is -0.305. The van der Waals surface area contributed by atoms with E-state index in [0.29, 0.717) is 22.5 Å². The van der Waals surface area contributed by atoms with E-state index in [4.69, 9.17) is 16.6 Å². The SMILES string of the molecule is Fc1ccc(C=Cc2nc(N3CCC[C@H]3CN3CCCC3)c3cc(Cl)ccc3n2)cc1F. The van der Waals surface area contributed by atoms with Crippen LogP contribution in [0.3, 0.4) is 0 Å². The molecule has 3 aromatic rings. The Morgan fingerprint density at radius 3 is 2.59 bits per heavy atom. The highest BCUT2D eigenvalue weighted by molar-refractivity contribution is 6.31. The van der Waals surface area contributed by atoms with Crippen LogP contribution in [0.2, 0.25) is 5.02 Å². The molecular formula is C25H25ClF2N4. The maximum Gasteiger partial charge on any atom is 0.159 e. The maximum absolute atomic E-state index is 13.6. The Morgan fingerprint density at radius 2 is 1.78 bits per heavy atom. The van der Waals surface area contributed by atoms with Crippen LogP contribution < -0.4 is 4.90 Å². The zero-order valence-electron chi connectivity index (χ0n) is 17.8. The standard InChI is InChI=1S/C25H25ClF2N4/c26-18-7-9-23-20(15-18)25(32-13-3-4-19(32)16-31-11-1-2-12-31)30-24(29-23)10-6-17-5-8-21(27)22(28)14-17/h5-10,14-15,19H,1-4,11-13,16H2/t19-/m0/s1. The van der Waals surface area contributed by atoms with Gasteiger partial charge in [-0.1, -0.05) is 23.7 Å². The minimum atomic E-state index is -0.872.